The fourth-order valence-electron chi connectivity index (χ4n) is 4.32. The minimum atomic E-state index is -1.37. The number of carbonyl (C=O) groups excluding carboxylic acids is 1. The molecule has 0 aromatic heterocycles. The van der Waals surface area contributed by atoms with Crippen LogP contribution in [0.15, 0.2) is 53.5 Å². The fraction of sp³-hybridized carbons (Fsp3) is 0.417. The molecule has 32 heavy (non-hydrogen) atoms. The van der Waals surface area contributed by atoms with Crippen LogP contribution in [-0.4, -0.2) is 71.0 Å². The van der Waals surface area contributed by atoms with Crippen LogP contribution in [0.5, 0.6) is 0 Å². The van der Waals surface area contributed by atoms with Gasteiger partial charge in [-0.25, -0.2) is 4.79 Å². The molecule has 2 aromatic rings. The molecule has 4 rings (SSSR count). The normalized spacial score (nSPS) is 26.7. The number of hydrogen-bond acceptors (Lipinski definition) is 8. The Labute approximate surface area is 186 Å². The molecule has 1 fully saturated rings. The summed E-state index contributed by atoms with van der Waals surface area (Å²) in [6, 6.07) is 14.9. The molecule has 8 nitrogen and oxygen atoms in total. The van der Waals surface area contributed by atoms with E-state index in [0.29, 0.717) is 5.71 Å². The van der Waals surface area contributed by atoms with Crippen molar-refractivity contribution < 1.29 is 34.3 Å². The van der Waals surface area contributed by atoms with Crippen molar-refractivity contribution in [3.63, 3.8) is 0 Å². The van der Waals surface area contributed by atoms with Gasteiger partial charge in [-0.1, -0.05) is 48.5 Å². The lowest BCUT2D eigenvalue weighted by Crippen LogP contribution is -2.59. The van der Waals surface area contributed by atoms with Crippen molar-refractivity contribution in [1.82, 2.24) is 0 Å². The van der Waals surface area contributed by atoms with E-state index in [2.05, 4.69) is 4.99 Å². The van der Waals surface area contributed by atoms with Crippen LogP contribution < -0.4 is 0 Å². The lowest BCUT2D eigenvalue weighted by atomic mass is 9.97. The predicted octanol–water partition coefficient (Wildman–Crippen LogP) is 2.24. The van der Waals surface area contributed by atoms with E-state index in [9.17, 15) is 20.1 Å². The Balaban J connectivity index is 1.47. The molecule has 0 radical (unpaired) electrons. The maximum atomic E-state index is 12.5. The van der Waals surface area contributed by atoms with E-state index in [0.717, 1.165) is 22.3 Å². The van der Waals surface area contributed by atoms with Crippen LogP contribution in [-0.2, 0) is 14.2 Å². The van der Waals surface area contributed by atoms with Gasteiger partial charge in [-0.05, 0) is 36.1 Å². The quantitative estimate of drug-likeness (QED) is 0.481. The van der Waals surface area contributed by atoms with Gasteiger partial charge in [-0.3, -0.25) is 4.99 Å². The topological polar surface area (TPSA) is 118 Å². The molecule has 8 heteroatoms. The number of fused-ring (bicyclic) bond motifs is 3. The van der Waals surface area contributed by atoms with Crippen LogP contribution in [0, 0.1) is 0 Å². The lowest BCUT2D eigenvalue weighted by Gasteiger charge is -2.39. The Hall–Kier alpha value is -2.78. The standard InChI is InChI=1S/C24H27NO7/c1-13(2)25-20-22(28)21(27)19(11-26)31-23(20)32-24(29)30-12-18-16-9-5-3-7-14(16)15-8-4-6-10-17(15)18/h3-10,18-23,26-28H,11-12H2,1-2H3/t19-,20-,21-,22-,23?/m1/s1. The average Bonchev–Trinajstić information content (AvgIpc) is 3.11. The third kappa shape index (κ3) is 4.27. The number of hydrogen-bond donors (Lipinski definition) is 3. The van der Waals surface area contributed by atoms with Crippen molar-refractivity contribution in [2.75, 3.05) is 13.2 Å². The maximum absolute atomic E-state index is 12.5. The average molecular weight is 441 g/mol. The highest BCUT2D eigenvalue weighted by Gasteiger charge is 2.46. The second kappa shape index (κ2) is 9.38. The van der Waals surface area contributed by atoms with Gasteiger partial charge in [-0.2, -0.15) is 0 Å². The van der Waals surface area contributed by atoms with Gasteiger partial charge in [0, 0.05) is 11.6 Å². The summed E-state index contributed by atoms with van der Waals surface area (Å²) in [5, 5.41) is 30.0. The van der Waals surface area contributed by atoms with Gasteiger partial charge >= 0.3 is 6.16 Å². The molecule has 1 aliphatic carbocycles. The Morgan fingerprint density at radius 2 is 1.59 bits per heavy atom. The highest BCUT2D eigenvalue weighted by Crippen LogP contribution is 2.44. The first-order valence-corrected chi connectivity index (χ1v) is 10.6. The van der Waals surface area contributed by atoms with E-state index in [-0.39, 0.29) is 12.5 Å². The molecule has 1 heterocycles. The van der Waals surface area contributed by atoms with Crippen LogP contribution >= 0.6 is 0 Å². The minimum Gasteiger partial charge on any atom is -0.433 e. The van der Waals surface area contributed by atoms with Crippen molar-refractivity contribution in [3.05, 3.63) is 59.7 Å². The van der Waals surface area contributed by atoms with E-state index in [1.165, 1.54) is 0 Å². The Kier molecular flexibility index (Phi) is 6.57. The molecule has 1 aliphatic heterocycles. The molecule has 1 saturated heterocycles. The Morgan fingerprint density at radius 1 is 1.00 bits per heavy atom. The molecule has 0 spiro atoms. The van der Waals surface area contributed by atoms with Gasteiger partial charge in [0.1, 0.15) is 31.0 Å². The van der Waals surface area contributed by atoms with Crippen molar-refractivity contribution in [2.45, 2.75) is 50.4 Å². The van der Waals surface area contributed by atoms with Gasteiger partial charge in [0.2, 0.25) is 6.29 Å². The van der Waals surface area contributed by atoms with Crippen LogP contribution in [0.1, 0.15) is 30.9 Å². The second-order valence-corrected chi connectivity index (χ2v) is 8.18. The smallest absolute Gasteiger partial charge is 0.433 e. The summed E-state index contributed by atoms with van der Waals surface area (Å²) >= 11 is 0. The van der Waals surface area contributed by atoms with Gasteiger partial charge in [-0.15, -0.1) is 0 Å². The minimum absolute atomic E-state index is 0.0644. The molecule has 2 aromatic carbocycles. The first-order valence-electron chi connectivity index (χ1n) is 10.6. The third-order valence-electron chi connectivity index (χ3n) is 5.80. The first-order chi connectivity index (χ1) is 15.4. The highest BCUT2D eigenvalue weighted by atomic mass is 16.8. The number of rotatable bonds is 5. The SMILES string of the molecule is CC(C)=N[C@H]1C(OC(=O)OCC2c3ccccc3-c3ccccc32)O[C@H](CO)[C@@H](O)[C@@H]1O. The zero-order valence-electron chi connectivity index (χ0n) is 17.9. The third-order valence-corrected chi connectivity index (χ3v) is 5.80. The summed E-state index contributed by atoms with van der Waals surface area (Å²) in [4.78, 5) is 16.8. The lowest BCUT2D eigenvalue weighted by molar-refractivity contribution is -0.251. The second-order valence-electron chi connectivity index (χ2n) is 8.18. The number of benzene rings is 2. The van der Waals surface area contributed by atoms with E-state index in [1.807, 2.05) is 48.5 Å². The van der Waals surface area contributed by atoms with E-state index in [1.54, 1.807) is 13.8 Å². The molecular formula is C24H27NO7. The maximum Gasteiger partial charge on any atom is 0.510 e. The molecule has 170 valence electrons. The van der Waals surface area contributed by atoms with E-state index in [4.69, 9.17) is 14.2 Å². The van der Waals surface area contributed by atoms with Gasteiger partial charge < -0.3 is 29.5 Å². The molecule has 1 unspecified atom stereocenters. The van der Waals surface area contributed by atoms with Crippen LogP contribution in [0.4, 0.5) is 4.79 Å². The van der Waals surface area contributed by atoms with E-state index < -0.39 is 43.4 Å². The summed E-state index contributed by atoms with van der Waals surface area (Å²) in [5.41, 5.74) is 4.96. The molecule has 2 aliphatic rings. The van der Waals surface area contributed by atoms with Gasteiger partial charge in [0.25, 0.3) is 0 Å². The van der Waals surface area contributed by atoms with Crippen LogP contribution in [0.25, 0.3) is 11.1 Å². The first kappa shape index (κ1) is 22.4. The number of carbonyl (C=O) groups is 1. The van der Waals surface area contributed by atoms with Gasteiger partial charge in [0.15, 0.2) is 0 Å². The summed E-state index contributed by atoms with van der Waals surface area (Å²) in [6.45, 7) is 2.93. The fourth-order valence-corrected chi connectivity index (χ4v) is 4.32. The molecular weight excluding hydrogens is 414 g/mol. The van der Waals surface area contributed by atoms with Crippen LogP contribution in [0.2, 0.25) is 0 Å². The summed E-state index contributed by atoms with van der Waals surface area (Å²) in [5.74, 6) is -0.133. The number of aliphatic hydroxyl groups excluding tert-OH is 3. The highest BCUT2D eigenvalue weighted by molar-refractivity contribution is 5.79. The van der Waals surface area contributed by atoms with Crippen molar-refractivity contribution in [3.8, 4) is 11.1 Å². The summed E-state index contributed by atoms with van der Waals surface area (Å²) < 4.78 is 16.2. The van der Waals surface area contributed by atoms with Gasteiger partial charge in [0.05, 0.1) is 6.61 Å². The zero-order valence-corrected chi connectivity index (χ0v) is 17.9. The molecule has 0 bridgehead atoms. The number of aliphatic hydroxyl groups is 3. The molecule has 3 N–H and O–H groups in total. The Morgan fingerprint density at radius 3 is 2.16 bits per heavy atom. The summed E-state index contributed by atoms with van der Waals surface area (Å²) in [7, 11) is 0. The number of nitrogens with zero attached hydrogens (tertiary/aromatic N) is 1. The molecule has 0 saturated carbocycles. The number of ether oxygens (including phenoxy) is 3. The van der Waals surface area contributed by atoms with Crippen LogP contribution in [0.3, 0.4) is 0 Å². The zero-order chi connectivity index (χ0) is 22.8. The molecule has 0 amide bonds. The molecule has 5 atom stereocenters. The Bertz CT molecular complexity index is 958. The predicted molar refractivity (Wildman–Crippen MR) is 116 cm³/mol. The van der Waals surface area contributed by atoms with Crippen molar-refractivity contribution in [1.29, 1.82) is 0 Å². The number of aliphatic imine (C=N–C) groups is 1. The summed E-state index contributed by atoms with van der Waals surface area (Å²) in [6.07, 6.45) is -6.14. The van der Waals surface area contributed by atoms with Crippen molar-refractivity contribution in [2.24, 2.45) is 4.99 Å². The largest absolute Gasteiger partial charge is 0.510 e. The van der Waals surface area contributed by atoms with Crippen molar-refractivity contribution >= 4 is 11.9 Å². The van der Waals surface area contributed by atoms with E-state index >= 15 is 0 Å². The monoisotopic (exact) mass is 441 g/mol.